The number of fused-ring (bicyclic) bond motifs is 1. The van der Waals surface area contributed by atoms with Crippen molar-refractivity contribution >= 4 is 29.3 Å². The van der Waals surface area contributed by atoms with Crippen molar-refractivity contribution in [2.45, 2.75) is 45.2 Å². The van der Waals surface area contributed by atoms with Gasteiger partial charge in [0.2, 0.25) is 5.91 Å². The maximum Gasteiger partial charge on any atom is 0.220 e. The lowest BCUT2D eigenvalue weighted by atomic mass is 10.3. The van der Waals surface area contributed by atoms with Crippen LogP contribution in [0.2, 0.25) is 0 Å². The monoisotopic (exact) mass is 293 g/mol. The van der Waals surface area contributed by atoms with Gasteiger partial charge in [-0.05, 0) is 38.4 Å². The van der Waals surface area contributed by atoms with E-state index in [1.807, 2.05) is 23.2 Å². The van der Waals surface area contributed by atoms with Crippen molar-refractivity contribution in [3.8, 4) is 0 Å². The maximum absolute atomic E-state index is 11.7. The minimum absolute atomic E-state index is 0.145. The van der Waals surface area contributed by atoms with E-state index in [9.17, 15) is 4.79 Å². The number of hydrogen-bond acceptors (Lipinski definition) is 3. The Morgan fingerprint density at radius 1 is 1.55 bits per heavy atom. The number of imidazole rings is 1. The summed E-state index contributed by atoms with van der Waals surface area (Å²) >= 11 is 5.35. The van der Waals surface area contributed by atoms with E-state index in [4.69, 9.17) is 12.2 Å². The molecule has 1 aliphatic carbocycles. The Kier molecular flexibility index (Phi) is 3.37. The van der Waals surface area contributed by atoms with E-state index in [0.717, 1.165) is 42.7 Å². The fourth-order valence-electron chi connectivity index (χ4n) is 2.51. The highest BCUT2D eigenvalue weighted by molar-refractivity contribution is 7.71. The molecule has 6 nitrogen and oxygen atoms in total. The number of rotatable bonds is 5. The zero-order valence-corrected chi connectivity index (χ0v) is 12.6. The lowest BCUT2D eigenvalue weighted by Crippen LogP contribution is -2.25. The molecule has 108 valence electrons. The summed E-state index contributed by atoms with van der Waals surface area (Å²) < 4.78 is 4.55. The Morgan fingerprint density at radius 2 is 2.30 bits per heavy atom. The van der Waals surface area contributed by atoms with E-state index in [1.165, 1.54) is 0 Å². The number of carbonyl (C=O) groups is 1. The number of carbonyl (C=O) groups excluding carboxylic acids is 1. The Hall–Kier alpha value is -1.63. The molecule has 1 aliphatic rings. The first-order chi connectivity index (χ1) is 9.56. The van der Waals surface area contributed by atoms with Crippen molar-refractivity contribution in [3.63, 3.8) is 0 Å². The molecular formula is C13H19N5OS. The number of aromatic amines is 1. The first kappa shape index (κ1) is 13.4. The number of hydrogen-bond donors (Lipinski definition) is 2. The molecule has 0 saturated heterocycles. The molecule has 1 amide bonds. The first-order valence-electron chi connectivity index (χ1n) is 6.97. The summed E-state index contributed by atoms with van der Waals surface area (Å²) in [5.74, 6) is 0.145. The minimum atomic E-state index is 0.145. The third-order valence-electron chi connectivity index (χ3n) is 3.65. The van der Waals surface area contributed by atoms with Crippen molar-refractivity contribution in [1.82, 2.24) is 24.6 Å². The normalized spacial score (nSPS) is 14.9. The van der Waals surface area contributed by atoms with Crippen LogP contribution in [0.1, 0.15) is 31.4 Å². The third kappa shape index (κ3) is 2.49. The number of amides is 1. The van der Waals surface area contributed by atoms with Gasteiger partial charge in [-0.25, -0.2) is 0 Å². The topological polar surface area (TPSA) is 67.6 Å². The van der Waals surface area contributed by atoms with Crippen molar-refractivity contribution in [1.29, 1.82) is 0 Å². The van der Waals surface area contributed by atoms with Gasteiger partial charge in [-0.2, -0.15) is 5.10 Å². The Balaban J connectivity index is 1.69. The highest BCUT2D eigenvalue weighted by Gasteiger charge is 2.22. The second kappa shape index (κ2) is 5.05. The molecule has 2 aromatic heterocycles. The molecule has 3 rings (SSSR count). The van der Waals surface area contributed by atoms with E-state index < -0.39 is 0 Å². The van der Waals surface area contributed by atoms with Crippen LogP contribution in [0, 0.1) is 11.7 Å². The van der Waals surface area contributed by atoms with Gasteiger partial charge in [0.05, 0.1) is 5.69 Å². The predicted molar refractivity (Wildman–Crippen MR) is 79.0 cm³/mol. The zero-order chi connectivity index (χ0) is 14.3. The van der Waals surface area contributed by atoms with E-state index in [1.54, 1.807) is 0 Å². The van der Waals surface area contributed by atoms with Crippen LogP contribution in [0.5, 0.6) is 0 Å². The summed E-state index contributed by atoms with van der Waals surface area (Å²) in [5.41, 5.74) is 2.92. The largest absolute Gasteiger partial charge is 0.353 e. The predicted octanol–water partition coefficient (Wildman–Crippen LogP) is 1.80. The SMILES string of the molecule is Cc1nn(C)c2c1[nH]c(=S)n2CCCC(=O)NC1CC1. The van der Waals surface area contributed by atoms with Crippen LogP contribution in [0.25, 0.3) is 11.2 Å². The number of nitrogens with one attached hydrogen (secondary N) is 2. The summed E-state index contributed by atoms with van der Waals surface area (Å²) in [6, 6.07) is 0.434. The van der Waals surface area contributed by atoms with Crippen LogP contribution >= 0.6 is 12.2 Å². The molecular weight excluding hydrogens is 274 g/mol. The summed E-state index contributed by atoms with van der Waals surface area (Å²) in [6.45, 7) is 2.69. The van der Waals surface area contributed by atoms with Gasteiger partial charge in [-0.3, -0.25) is 9.48 Å². The number of H-pyrrole nitrogens is 1. The lowest BCUT2D eigenvalue weighted by molar-refractivity contribution is -0.121. The first-order valence-corrected chi connectivity index (χ1v) is 7.38. The molecule has 1 fully saturated rings. The summed E-state index contributed by atoms with van der Waals surface area (Å²) in [7, 11) is 1.91. The molecule has 1 saturated carbocycles. The zero-order valence-electron chi connectivity index (χ0n) is 11.8. The van der Waals surface area contributed by atoms with Crippen molar-refractivity contribution in [2.24, 2.45) is 7.05 Å². The fraction of sp³-hybridized carbons (Fsp3) is 0.615. The lowest BCUT2D eigenvalue weighted by Gasteiger charge is -2.05. The van der Waals surface area contributed by atoms with Crippen LogP contribution < -0.4 is 5.32 Å². The number of aryl methyl sites for hydroxylation is 3. The molecule has 0 unspecified atom stereocenters. The van der Waals surface area contributed by atoms with Crippen molar-refractivity contribution in [3.05, 3.63) is 10.5 Å². The molecule has 0 aromatic carbocycles. The Labute approximate surface area is 122 Å². The van der Waals surface area contributed by atoms with Crippen LogP contribution in [-0.2, 0) is 18.4 Å². The quantitative estimate of drug-likeness (QED) is 0.826. The van der Waals surface area contributed by atoms with E-state index in [2.05, 4.69) is 15.4 Å². The van der Waals surface area contributed by atoms with Gasteiger partial charge in [-0.1, -0.05) is 0 Å². The number of nitrogens with zero attached hydrogens (tertiary/aromatic N) is 3. The highest BCUT2D eigenvalue weighted by Crippen LogP contribution is 2.19. The van der Waals surface area contributed by atoms with Gasteiger partial charge < -0.3 is 14.9 Å². The second-order valence-corrected chi connectivity index (χ2v) is 5.82. The van der Waals surface area contributed by atoms with Crippen molar-refractivity contribution in [2.75, 3.05) is 0 Å². The molecule has 0 bridgehead atoms. The molecule has 0 radical (unpaired) electrons. The summed E-state index contributed by atoms with van der Waals surface area (Å²) in [5, 5.41) is 7.38. The molecule has 7 heteroatoms. The number of aromatic nitrogens is 4. The van der Waals surface area contributed by atoms with Gasteiger partial charge >= 0.3 is 0 Å². The average molecular weight is 293 g/mol. The fourth-order valence-corrected chi connectivity index (χ4v) is 2.79. The van der Waals surface area contributed by atoms with Crippen molar-refractivity contribution < 1.29 is 4.79 Å². The summed E-state index contributed by atoms with van der Waals surface area (Å²) in [6.07, 6.45) is 3.58. The molecule has 2 heterocycles. The van der Waals surface area contributed by atoms with E-state index in [0.29, 0.717) is 17.2 Å². The summed E-state index contributed by atoms with van der Waals surface area (Å²) in [4.78, 5) is 14.9. The molecule has 0 atom stereocenters. The van der Waals surface area contributed by atoms with E-state index >= 15 is 0 Å². The van der Waals surface area contributed by atoms with Gasteiger partial charge in [0.15, 0.2) is 10.4 Å². The molecule has 20 heavy (non-hydrogen) atoms. The second-order valence-electron chi connectivity index (χ2n) is 5.43. The van der Waals surface area contributed by atoms with E-state index in [-0.39, 0.29) is 5.91 Å². The molecule has 2 aromatic rings. The van der Waals surface area contributed by atoms with Crippen LogP contribution in [0.15, 0.2) is 0 Å². The Bertz CT molecular complexity index is 706. The van der Waals surface area contributed by atoms with Gasteiger partial charge in [-0.15, -0.1) is 0 Å². The maximum atomic E-state index is 11.7. The highest BCUT2D eigenvalue weighted by atomic mass is 32.1. The Morgan fingerprint density at radius 3 is 3.00 bits per heavy atom. The standard InChI is InChI=1S/C13H19N5OS/c1-8-11-12(17(2)16-8)18(13(20)15-11)7-3-4-10(19)14-9-5-6-9/h9H,3-7H2,1-2H3,(H,14,19)(H,15,20). The average Bonchev–Trinajstić information content (AvgIpc) is 3.06. The minimum Gasteiger partial charge on any atom is -0.353 e. The van der Waals surface area contributed by atoms with Crippen LogP contribution in [-0.4, -0.2) is 31.3 Å². The van der Waals surface area contributed by atoms with Crippen LogP contribution in [0.4, 0.5) is 0 Å². The van der Waals surface area contributed by atoms with Gasteiger partial charge in [0, 0.05) is 26.1 Å². The smallest absolute Gasteiger partial charge is 0.220 e. The van der Waals surface area contributed by atoms with Crippen LogP contribution in [0.3, 0.4) is 0 Å². The van der Waals surface area contributed by atoms with Gasteiger partial charge in [0.25, 0.3) is 0 Å². The molecule has 0 spiro atoms. The molecule has 2 N–H and O–H groups in total. The molecule has 0 aliphatic heterocycles. The van der Waals surface area contributed by atoms with Gasteiger partial charge in [0.1, 0.15) is 5.52 Å². The third-order valence-corrected chi connectivity index (χ3v) is 3.98.